The summed E-state index contributed by atoms with van der Waals surface area (Å²) in [5.74, 6) is 1.61. The molecule has 2 fully saturated rings. The predicted octanol–water partition coefficient (Wildman–Crippen LogP) is 1.73. The Hall–Kier alpha value is -1.01. The van der Waals surface area contributed by atoms with Gasteiger partial charge >= 0.3 is 0 Å². The van der Waals surface area contributed by atoms with Crippen molar-refractivity contribution in [2.75, 3.05) is 33.2 Å². The van der Waals surface area contributed by atoms with Gasteiger partial charge in [0, 0.05) is 26.2 Å². The molecule has 118 valence electrons. The lowest BCUT2D eigenvalue weighted by molar-refractivity contribution is 0.0798. The van der Waals surface area contributed by atoms with Crippen molar-refractivity contribution in [3.63, 3.8) is 0 Å². The normalized spacial score (nSPS) is 24.0. The SMILES string of the molecule is CC(C)[C@@H](c1nnnn1C1CCCC1)N1CCN(C)CC1. The average Bonchev–Trinajstić information content (AvgIpc) is 3.11. The first-order chi connectivity index (χ1) is 10.2. The number of nitrogens with zero attached hydrogens (tertiary/aromatic N) is 6. The van der Waals surface area contributed by atoms with Crippen molar-refractivity contribution in [3.8, 4) is 0 Å². The number of rotatable bonds is 4. The van der Waals surface area contributed by atoms with E-state index in [1.807, 2.05) is 0 Å². The van der Waals surface area contributed by atoms with E-state index >= 15 is 0 Å². The van der Waals surface area contributed by atoms with Crippen LogP contribution in [0.5, 0.6) is 0 Å². The molecule has 6 nitrogen and oxygen atoms in total. The van der Waals surface area contributed by atoms with E-state index in [-0.39, 0.29) is 0 Å². The molecule has 1 aliphatic carbocycles. The Labute approximate surface area is 127 Å². The van der Waals surface area contributed by atoms with Crippen molar-refractivity contribution in [2.45, 2.75) is 51.6 Å². The molecule has 6 heteroatoms. The monoisotopic (exact) mass is 292 g/mol. The summed E-state index contributed by atoms with van der Waals surface area (Å²) in [6, 6.07) is 0.859. The highest BCUT2D eigenvalue weighted by Crippen LogP contribution is 2.34. The molecule has 0 amide bonds. The zero-order valence-electron chi connectivity index (χ0n) is 13.6. The third-order valence-electron chi connectivity index (χ3n) is 5.02. The minimum atomic E-state index is 0.342. The van der Waals surface area contributed by atoms with Crippen LogP contribution in [0.3, 0.4) is 0 Å². The molecule has 0 aromatic carbocycles. The summed E-state index contributed by atoms with van der Waals surface area (Å²) in [6.07, 6.45) is 5.08. The predicted molar refractivity (Wildman–Crippen MR) is 82.0 cm³/mol. The van der Waals surface area contributed by atoms with Gasteiger partial charge in [-0.25, -0.2) is 4.68 Å². The van der Waals surface area contributed by atoms with Crippen LogP contribution in [-0.2, 0) is 0 Å². The first kappa shape index (κ1) is 14.9. The lowest BCUT2D eigenvalue weighted by atomic mass is 10.00. The molecule has 1 aromatic heterocycles. The quantitative estimate of drug-likeness (QED) is 0.846. The largest absolute Gasteiger partial charge is 0.304 e. The molecule has 1 atom stereocenters. The molecular weight excluding hydrogens is 264 g/mol. The van der Waals surface area contributed by atoms with Crippen LogP contribution in [0.2, 0.25) is 0 Å². The molecule has 3 rings (SSSR count). The number of aromatic nitrogens is 4. The fourth-order valence-electron chi connectivity index (χ4n) is 3.79. The van der Waals surface area contributed by atoms with Gasteiger partial charge < -0.3 is 4.90 Å². The summed E-state index contributed by atoms with van der Waals surface area (Å²) in [6.45, 7) is 9.06. The number of hydrogen-bond donors (Lipinski definition) is 0. The van der Waals surface area contributed by atoms with Crippen molar-refractivity contribution in [2.24, 2.45) is 5.92 Å². The zero-order valence-corrected chi connectivity index (χ0v) is 13.6. The summed E-state index contributed by atoms with van der Waals surface area (Å²) in [5.41, 5.74) is 0. The highest BCUT2D eigenvalue weighted by Gasteiger charge is 2.33. The molecular formula is C15H28N6. The molecule has 2 aliphatic rings. The Kier molecular flexibility index (Phi) is 4.54. The van der Waals surface area contributed by atoms with Crippen molar-refractivity contribution in [1.29, 1.82) is 0 Å². The Morgan fingerprint density at radius 1 is 1.05 bits per heavy atom. The van der Waals surface area contributed by atoms with Gasteiger partial charge in [-0.1, -0.05) is 26.7 Å². The molecule has 0 radical (unpaired) electrons. The van der Waals surface area contributed by atoms with E-state index in [1.54, 1.807) is 0 Å². The van der Waals surface area contributed by atoms with Gasteiger partial charge in [0.05, 0.1) is 12.1 Å². The van der Waals surface area contributed by atoms with Crippen LogP contribution >= 0.6 is 0 Å². The highest BCUT2D eigenvalue weighted by molar-refractivity contribution is 4.98. The van der Waals surface area contributed by atoms with Crippen molar-refractivity contribution < 1.29 is 0 Å². The molecule has 1 aliphatic heterocycles. The van der Waals surface area contributed by atoms with E-state index in [0.717, 1.165) is 32.0 Å². The van der Waals surface area contributed by atoms with Gasteiger partial charge in [0.25, 0.3) is 0 Å². The summed E-state index contributed by atoms with van der Waals surface area (Å²) in [5, 5.41) is 12.8. The van der Waals surface area contributed by atoms with E-state index in [2.05, 4.69) is 50.9 Å². The second-order valence-corrected chi connectivity index (χ2v) is 6.95. The topological polar surface area (TPSA) is 50.1 Å². The van der Waals surface area contributed by atoms with Crippen LogP contribution in [0.4, 0.5) is 0 Å². The Bertz CT molecular complexity index is 443. The smallest absolute Gasteiger partial charge is 0.168 e. The fraction of sp³-hybridized carbons (Fsp3) is 0.933. The number of likely N-dealkylation sites (N-methyl/N-ethyl adjacent to an activating group) is 1. The van der Waals surface area contributed by atoms with Gasteiger partial charge in [-0.3, -0.25) is 4.90 Å². The summed E-state index contributed by atoms with van der Waals surface area (Å²) >= 11 is 0. The third kappa shape index (κ3) is 3.11. The Morgan fingerprint density at radius 3 is 2.33 bits per heavy atom. The van der Waals surface area contributed by atoms with Crippen LogP contribution in [-0.4, -0.2) is 63.2 Å². The molecule has 2 heterocycles. The molecule has 1 aromatic rings. The summed E-state index contributed by atoms with van der Waals surface area (Å²) < 4.78 is 2.13. The van der Waals surface area contributed by atoms with E-state index in [9.17, 15) is 0 Å². The van der Waals surface area contributed by atoms with Gasteiger partial charge in [0.1, 0.15) is 0 Å². The van der Waals surface area contributed by atoms with Crippen molar-refractivity contribution >= 4 is 0 Å². The second-order valence-electron chi connectivity index (χ2n) is 6.95. The summed E-state index contributed by atoms with van der Waals surface area (Å²) in [4.78, 5) is 4.97. The van der Waals surface area contributed by atoms with Gasteiger partial charge in [0.15, 0.2) is 5.82 Å². The first-order valence-corrected chi connectivity index (χ1v) is 8.37. The molecule has 1 saturated heterocycles. The zero-order chi connectivity index (χ0) is 14.8. The van der Waals surface area contributed by atoms with Crippen LogP contribution in [0, 0.1) is 5.92 Å². The molecule has 0 bridgehead atoms. The van der Waals surface area contributed by atoms with Crippen LogP contribution in [0.25, 0.3) is 0 Å². The fourth-order valence-corrected chi connectivity index (χ4v) is 3.79. The van der Waals surface area contributed by atoms with Gasteiger partial charge in [0.2, 0.25) is 0 Å². The molecule has 21 heavy (non-hydrogen) atoms. The van der Waals surface area contributed by atoms with E-state index in [0.29, 0.717) is 18.0 Å². The standard InChI is InChI=1S/C15H28N6/c1-12(2)14(20-10-8-19(3)9-11-20)15-16-17-18-21(15)13-6-4-5-7-13/h12-14H,4-11H2,1-3H3/t14-/m0/s1. The van der Waals surface area contributed by atoms with Crippen LogP contribution in [0.15, 0.2) is 0 Å². The van der Waals surface area contributed by atoms with Gasteiger partial charge in [-0.05, 0) is 36.2 Å². The second kappa shape index (κ2) is 6.40. The number of tetrazole rings is 1. The Morgan fingerprint density at radius 2 is 1.71 bits per heavy atom. The maximum absolute atomic E-state index is 4.42. The number of hydrogen-bond acceptors (Lipinski definition) is 5. The van der Waals surface area contributed by atoms with Gasteiger partial charge in [-0.15, -0.1) is 5.10 Å². The van der Waals surface area contributed by atoms with Gasteiger partial charge in [-0.2, -0.15) is 0 Å². The maximum atomic E-state index is 4.42. The third-order valence-corrected chi connectivity index (χ3v) is 5.02. The van der Waals surface area contributed by atoms with E-state index in [1.165, 1.54) is 25.7 Å². The lowest BCUT2D eigenvalue weighted by Crippen LogP contribution is -2.47. The van der Waals surface area contributed by atoms with Crippen LogP contribution < -0.4 is 0 Å². The molecule has 0 unspecified atom stereocenters. The minimum Gasteiger partial charge on any atom is -0.304 e. The first-order valence-electron chi connectivity index (χ1n) is 8.37. The van der Waals surface area contributed by atoms with Crippen molar-refractivity contribution in [1.82, 2.24) is 30.0 Å². The van der Waals surface area contributed by atoms with E-state index in [4.69, 9.17) is 0 Å². The molecule has 1 saturated carbocycles. The Balaban J connectivity index is 1.82. The van der Waals surface area contributed by atoms with E-state index < -0.39 is 0 Å². The van der Waals surface area contributed by atoms with Crippen LogP contribution in [0.1, 0.15) is 57.4 Å². The molecule has 0 spiro atoms. The van der Waals surface area contributed by atoms with Crippen molar-refractivity contribution in [3.05, 3.63) is 5.82 Å². The molecule has 0 N–H and O–H groups in total. The lowest BCUT2D eigenvalue weighted by Gasteiger charge is -2.39. The number of piperazine rings is 1. The highest BCUT2D eigenvalue weighted by atomic mass is 15.6. The average molecular weight is 292 g/mol. The minimum absolute atomic E-state index is 0.342. The summed E-state index contributed by atoms with van der Waals surface area (Å²) in [7, 11) is 2.20. The maximum Gasteiger partial charge on any atom is 0.168 e.